The molecule has 2 N–H and O–H groups in total. The second-order valence-corrected chi connectivity index (χ2v) is 10.4. The molecular formula is C30H35N7O3. The molecule has 1 aliphatic heterocycles. The lowest BCUT2D eigenvalue weighted by Crippen LogP contribution is -2.49. The number of aromatic nitrogens is 4. The van der Waals surface area contributed by atoms with E-state index >= 15 is 0 Å². The van der Waals surface area contributed by atoms with Gasteiger partial charge in [-0.3, -0.25) is 4.79 Å². The van der Waals surface area contributed by atoms with Crippen LogP contribution in [0.2, 0.25) is 0 Å². The van der Waals surface area contributed by atoms with Gasteiger partial charge in [0.1, 0.15) is 29.7 Å². The van der Waals surface area contributed by atoms with Crippen molar-refractivity contribution in [1.82, 2.24) is 24.6 Å². The number of carbonyl (C=O) groups is 1. The zero-order chi connectivity index (χ0) is 27.5. The average molecular weight is 542 g/mol. The van der Waals surface area contributed by atoms with Crippen molar-refractivity contribution in [3.05, 3.63) is 72.2 Å². The molecule has 1 aliphatic carbocycles. The van der Waals surface area contributed by atoms with Crippen LogP contribution in [0, 0.1) is 5.92 Å². The van der Waals surface area contributed by atoms with Gasteiger partial charge in [0.25, 0.3) is 5.91 Å². The largest absolute Gasteiger partial charge is 0.494 e. The molecule has 2 aromatic carbocycles. The predicted molar refractivity (Wildman–Crippen MR) is 153 cm³/mol. The van der Waals surface area contributed by atoms with Gasteiger partial charge >= 0.3 is 0 Å². The molecule has 1 atom stereocenters. The lowest BCUT2D eigenvalue weighted by Gasteiger charge is -2.35. The second-order valence-electron chi connectivity index (χ2n) is 10.4. The van der Waals surface area contributed by atoms with E-state index in [2.05, 4.69) is 26.0 Å². The smallest absolute Gasteiger partial charge is 0.253 e. The summed E-state index contributed by atoms with van der Waals surface area (Å²) in [6, 6.07) is 15.5. The Hall–Kier alpha value is -4.18. The van der Waals surface area contributed by atoms with Gasteiger partial charge in [-0.1, -0.05) is 12.1 Å². The molecule has 10 heteroatoms. The first kappa shape index (κ1) is 26.1. The Morgan fingerprint density at radius 3 is 2.58 bits per heavy atom. The molecule has 0 spiro atoms. The maximum absolute atomic E-state index is 13.2. The topological polar surface area (TPSA) is 112 Å². The molecule has 0 bridgehead atoms. The van der Waals surface area contributed by atoms with Gasteiger partial charge in [-0.15, -0.1) is 0 Å². The quantitative estimate of drug-likeness (QED) is 0.325. The number of carbonyl (C=O) groups excluding carboxylic acids is 1. The highest BCUT2D eigenvalue weighted by atomic mass is 16.5. The maximum atomic E-state index is 13.2. The zero-order valence-corrected chi connectivity index (χ0v) is 22.8. The third-order valence-corrected chi connectivity index (χ3v) is 7.59. The van der Waals surface area contributed by atoms with E-state index in [0.29, 0.717) is 57.4 Å². The van der Waals surface area contributed by atoms with Crippen molar-refractivity contribution in [2.24, 2.45) is 11.7 Å². The number of fused-ring (bicyclic) bond motifs is 1. The van der Waals surface area contributed by atoms with Crippen LogP contribution in [0.4, 0.5) is 5.82 Å². The van der Waals surface area contributed by atoms with Crippen molar-refractivity contribution in [2.75, 3.05) is 44.2 Å². The Morgan fingerprint density at radius 1 is 1.05 bits per heavy atom. The van der Waals surface area contributed by atoms with Crippen LogP contribution in [0.5, 0.6) is 11.5 Å². The van der Waals surface area contributed by atoms with E-state index in [4.69, 9.17) is 15.2 Å². The molecule has 1 saturated heterocycles. The Bertz CT molecular complexity index is 1460. The monoisotopic (exact) mass is 541 g/mol. The maximum Gasteiger partial charge on any atom is 0.253 e. The Labute approximate surface area is 233 Å². The van der Waals surface area contributed by atoms with E-state index in [-0.39, 0.29) is 12.0 Å². The molecule has 2 aromatic heterocycles. The van der Waals surface area contributed by atoms with Crippen LogP contribution in [-0.4, -0.2) is 76.0 Å². The van der Waals surface area contributed by atoms with Crippen LogP contribution in [0.25, 0.3) is 11.0 Å². The molecule has 1 saturated carbocycles. The molecule has 0 radical (unpaired) electrons. The number of benzene rings is 2. The molecule has 1 amide bonds. The van der Waals surface area contributed by atoms with Crippen LogP contribution in [-0.2, 0) is 6.54 Å². The van der Waals surface area contributed by atoms with Crippen molar-refractivity contribution >= 4 is 22.8 Å². The van der Waals surface area contributed by atoms with Crippen LogP contribution in [0.15, 0.2) is 61.1 Å². The van der Waals surface area contributed by atoms with Gasteiger partial charge in [-0.2, -0.15) is 5.10 Å². The highest BCUT2D eigenvalue weighted by molar-refractivity contribution is 5.94. The van der Waals surface area contributed by atoms with E-state index in [9.17, 15) is 4.79 Å². The molecular weight excluding hydrogens is 506 g/mol. The molecule has 40 heavy (non-hydrogen) atoms. The summed E-state index contributed by atoms with van der Waals surface area (Å²) in [5.41, 5.74) is 8.40. The summed E-state index contributed by atoms with van der Waals surface area (Å²) in [7, 11) is 0. The van der Waals surface area contributed by atoms with Crippen LogP contribution in [0.1, 0.15) is 35.7 Å². The second kappa shape index (κ2) is 11.5. The Morgan fingerprint density at radius 2 is 1.85 bits per heavy atom. The van der Waals surface area contributed by atoms with E-state index in [1.165, 1.54) is 12.8 Å². The number of amides is 1. The number of rotatable bonds is 10. The molecule has 2 fully saturated rings. The van der Waals surface area contributed by atoms with Crippen LogP contribution in [0.3, 0.4) is 0 Å². The number of ether oxygens (including phenoxy) is 2. The third-order valence-electron chi connectivity index (χ3n) is 7.59. The molecule has 2 aliphatic rings. The van der Waals surface area contributed by atoms with Crippen LogP contribution >= 0.6 is 0 Å². The number of hydrogen-bond acceptors (Lipinski definition) is 8. The van der Waals surface area contributed by atoms with E-state index < -0.39 is 0 Å². The number of nitrogens with zero attached hydrogens (tertiary/aromatic N) is 6. The van der Waals surface area contributed by atoms with E-state index in [0.717, 1.165) is 33.9 Å². The van der Waals surface area contributed by atoms with Gasteiger partial charge in [0.05, 0.1) is 24.7 Å². The predicted octanol–water partition coefficient (Wildman–Crippen LogP) is 3.35. The molecule has 10 nitrogen and oxygen atoms in total. The fourth-order valence-electron chi connectivity index (χ4n) is 5.28. The fraction of sp³-hybridized carbons (Fsp3) is 0.400. The zero-order valence-electron chi connectivity index (χ0n) is 22.8. The summed E-state index contributed by atoms with van der Waals surface area (Å²) < 4.78 is 13.6. The van der Waals surface area contributed by atoms with Crippen molar-refractivity contribution < 1.29 is 14.3 Å². The minimum absolute atomic E-state index is 0.0266. The molecule has 1 unspecified atom stereocenters. The Balaban J connectivity index is 1.09. The van der Waals surface area contributed by atoms with E-state index in [1.807, 2.05) is 65.2 Å². The lowest BCUT2D eigenvalue weighted by molar-refractivity contribution is 0.0746. The molecule has 208 valence electrons. The molecule has 6 rings (SSSR count). The standard InChI is InChI=1S/C30H35N7O3/c1-2-39-25-5-3-4-21(16-25)19-37-29-26(18-34-37)28(32-20-33-29)35-12-14-36(15-13-35)30(38)23-8-10-24(11-9-23)40-27(17-31)22-6-7-22/h3-5,8-11,16,18,20,22,27H,2,6-7,12-15,17,19,31H2,1H3. The third kappa shape index (κ3) is 5.58. The number of anilines is 1. The number of nitrogens with two attached hydrogens (primary N) is 1. The Kier molecular flexibility index (Phi) is 7.50. The minimum atomic E-state index is 0.0266. The van der Waals surface area contributed by atoms with Gasteiger partial charge in [-0.05, 0) is 67.6 Å². The van der Waals surface area contributed by atoms with Crippen molar-refractivity contribution in [3.63, 3.8) is 0 Å². The average Bonchev–Trinajstić information content (AvgIpc) is 3.76. The van der Waals surface area contributed by atoms with Crippen molar-refractivity contribution in [3.8, 4) is 11.5 Å². The molecule has 4 aromatic rings. The van der Waals surface area contributed by atoms with Crippen molar-refractivity contribution in [1.29, 1.82) is 0 Å². The summed E-state index contributed by atoms with van der Waals surface area (Å²) >= 11 is 0. The molecule has 3 heterocycles. The number of piperazine rings is 1. The van der Waals surface area contributed by atoms with Crippen molar-refractivity contribution in [2.45, 2.75) is 32.4 Å². The van der Waals surface area contributed by atoms with Gasteiger partial charge in [0.2, 0.25) is 0 Å². The summed E-state index contributed by atoms with van der Waals surface area (Å²) in [5, 5.41) is 5.52. The fourth-order valence-corrected chi connectivity index (χ4v) is 5.28. The summed E-state index contributed by atoms with van der Waals surface area (Å²) in [6.45, 7) is 6.28. The number of hydrogen-bond donors (Lipinski definition) is 1. The van der Waals surface area contributed by atoms with Crippen LogP contribution < -0.4 is 20.1 Å². The van der Waals surface area contributed by atoms with Gasteiger partial charge in [-0.25, -0.2) is 14.6 Å². The highest BCUT2D eigenvalue weighted by Gasteiger charge is 2.32. The lowest BCUT2D eigenvalue weighted by atomic mass is 10.1. The highest BCUT2D eigenvalue weighted by Crippen LogP contribution is 2.34. The van der Waals surface area contributed by atoms with Gasteiger partial charge in [0, 0.05) is 38.3 Å². The summed E-state index contributed by atoms with van der Waals surface area (Å²) in [5.74, 6) is 3.04. The first-order valence-electron chi connectivity index (χ1n) is 14.0. The normalized spacial score (nSPS) is 16.2. The van der Waals surface area contributed by atoms with Gasteiger partial charge in [0.15, 0.2) is 5.65 Å². The summed E-state index contributed by atoms with van der Waals surface area (Å²) in [6.07, 6.45) is 5.83. The van der Waals surface area contributed by atoms with E-state index in [1.54, 1.807) is 6.33 Å². The first-order chi connectivity index (χ1) is 19.6. The first-order valence-corrected chi connectivity index (χ1v) is 14.0. The summed E-state index contributed by atoms with van der Waals surface area (Å²) in [4.78, 5) is 26.4. The SMILES string of the molecule is CCOc1cccc(Cn2ncc3c(N4CCN(C(=O)c5ccc(OC(CN)C6CC6)cc5)CC4)ncnc32)c1. The van der Waals surface area contributed by atoms with Gasteiger partial charge < -0.3 is 25.0 Å². The minimum Gasteiger partial charge on any atom is -0.494 e.